The van der Waals surface area contributed by atoms with Crippen LogP contribution in [-0.4, -0.2) is 280 Å². The predicted octanol–water partition coefficient (Wildman–Crippen LogP) is 9.42. The summed E-state index contributed by atoms with van der Waals surface area (Å²) < 4.78 is 471. The van der Waals surface area contributed by atoms with E-state index in [2.05, 4.69) is 4.74 Å². The molecule has 0 aliphatic heterocycles. The van der Waals surface area contributed by atoms with E-state index < -0.39 is 109 Å². The number of rotatable bonds is 56. The molecule has 1 N–H and O–H groups in total. The van der Waals surface area contributed by atoms with Crippen LogP contribution >= 0.6 is 0 Å². The Kier molecular flexibility index (Phi) is 36.2. The van der Waals surface area contributed by atoms with Crippen LogP contribution < -0.4 is 0 Å². The summed E-state index contributed by atoms with van der Waals surface area (Å²) in [5.74, 6) is -121. The van der Waals surface area contributed by atoms with E-state index >= 15 is 0 Å². The Hall–Kier alpha value is -2.63. The largest absolute Gasteiger partial charge is 0.460 e. The molecule has 0 spiro atoms. The number of halogens is 29. The average molecular weight is 1380 g/mol. The molecule has 44 heteroatoms. The zero-order valence-corrected chi connectivity index (χ0v) is 45.3. The van der Waals surface area contributed by atoms with Gasteiger partial charge >= 0.3 is 83.2 Å². The molecule has 0 amide bonds. The normalized spacial score (nSPS) is 14.7. The molecule has 0 heterocycles. The van der Waals surface area contributed by atoms with Crippen molar-refractivity contribution in [3.8, 4) is 0 Å². The van der Waals surface area contributed by atoms with Crippen molar-refractivity contribution >= 4 is 0 Å². The van der Waals surface area contributed by atoms with Crippen LogP contribution in [0.3, 0.4) is 0 Å². The third kappa shape index (κ3) is 22.0. The molecule has 530 valence electrons. The van der Waals surface area contributed by atoms with Crippen molar-refractivity contribution < 1.29 is 199 Å². The highest BCUT2D eigenvalue weighted by Crippen LogP contribution is 2.69. The van der Waals surface area contributed by atoms with E-state index in [9.17, 15) is 127 Å². The van der Waals surface area contributed by atoms with Gasteiger partial charge in [-0.25, -0.2) is 0 Å². The van der Waals surface area contributed by atoms with Crippen LogP contribution in [0.1, 0.15) is 6.42 Å². The van der Waals surface area contributed by atoms with Crippen molar-refractivity contribution in [2.24, 2.45) is 0 Å². The number of ether oxygens (including phenoxy) is 14. The lowest BCUT2D eigenvalue weighted by atomic mass is 9.83. The highest BCUT2D eigenvalue weighted by Gasteiger charge is 3.01. The summed E-state index contributed by atoms with van der Waals surface area (Å²) in [7, 11) is 0. The molecule has 0 radical (unpaired) electrons. The van der Waals surface area contributed by atoms with E-state index in [4.69, 9.17) is 66.7 Å². The quantitative estimate of drug-likeness (QED) is 0.0455. The van der Waals surface area contributed by atoms with Gasteiger partial charge < -0.3 is 71.4 Å². The number of alkyl halides is 29. The monoisotopic (exact) mass is 1380 g/mol. The van der Waals surface area contributed by atoms with Crippen LogP contribution in [0.15, 0.2) is 0 Å². The molecule has 0 aromatic carbocycles. The lowest BCUT2D eigenvalue weighted by Gasteiger charge is -2.46. The first-order valence-corrected chi connectivity index (χ1v) is 25.0. The summed E-state index contributed by atoms with van der Waals surface area (Å²) in [5, 5.41) is 8.58. The van der Waals surface area contributed by atoms with E-state index in [1.165, 1.54) is 0 Å². The Morgan fingerprint density at radius 3 is 0.432 bits per heavy atom. The van der Waals surface area contributed by atoms with E-state index in [-0.39, 0.29) is 79.3 Å². The Balaban J connectivity index is 4.48. The highest BCUT2D eigenvalue weighted by atomic mass is 19.4. The number of aliphatic hydroxyl groups excluding tert-OH is 1. The van der Waals surface area contributed by atoms with E-state index in [0.29, 0.717) is 92.5 Å². The Bertz CT molecular complexity index is 1860. The number of hydrogen-bond acceptors (Lipinski definition) is 15. The second-order valence-electron chi connectivity index (χ2n) is 17.1. The molecule has 0 atom stereocenters. The molecule has 0 bridgehead atoms. The van der Waals surface area contributed by atoms with Crippen molar-refractivity contribution in [1.29, 1.82) is 0 Å². The Morgan fingerprint density at radius 1 is 0.159 bits per heavy atom. The molecular weight excluding hydrogens is 1320 g/mol. The Labute approximate surface area is 480 Å². The molecule has 0 aliphatic rings. The van der Waals surface area contributed by atoms with E-state index in [1.807, 2.05) is 0 Å². The van der Waals surface area contributed by atoms with Gasteiger partial charge in [0, 0.05) is 6.42 Å². The Morgan fingerprint density at radius 2 is 0.284 bits per heavy atom. The van der Waals surface area contributed by atoms with Crippen LogP contribution in [0.5, 0.6) is 0 Å². The van der Waals surface area contributed by atoms with Gasteiger partial charge in [-0.05, 0) is 0 Å². The van der Waals surface area contributed by atoms with Crippen LogP contribution in [-0.2, 0) is 66.3 Å². The van der Waals surface area contributed by atoms with Gasteiger partial charge in [0.25, 0.3) is 0 Å². The molecule has 15 nitrogen and oxygen atoms in total. The van der Waals surface area contributed by atoms with E-state index in [0.717, 1.165) is 0 Å². The predicted molar refractivity (Wildman–Crippen MR) is 234 cm³/mol. The lowest BCUT2D eigenvalue weighted by Crippen LogP contribution is -2.79. The van der Waals surface area contributed by atoms with Gasteiger partial charge in [-0.1, -0.05) is 0 Å². The van der Waals surface area contributed by atoms with Gasteiger partial charge in [0.05, 0.1) is 192 Å². The van der Waals surface area contributed by atoms with E-state index in [1.54, 1.807) is 0 Å². The first-order chi connectivity index (χ1) is 40.3. The fourth-order valence-corrected chi connectivity index (χ4v) is 5.76. The molecule has 0 aliphatic carbocycles. The maximum Gasteiger partial charge on any atom is 0.460 e. The molecule has 0 saturated heterocycles. The van der Waals surface area contributed by atoms with Crippen molar-refractivity contribution in [2.75, 3.05) is 192 Å². The summed E-state index contributed by atoms with van der Waals surface area (Å²) in [6, 6.07) is 0. The molecule has 0 aromatic rings. The summed E-state index contributed by atoms with van der Waals surface area (Å²) in [6.45, 7) is 2.06. The number of hydrogen-bond donors (Lipinski definition) is 1. The minimum Gasteiger partial charge on any atom is -0.394 e. The average Bonchev–Trinajstić information content (AvgIpc) is 0.707. The minimum absolute atomic E-state index is 0.0137. The summed E-state index contributed by atoms with van der Waals surface area (Å²) in [4.78, 5) is 0. The van der Waals surface area contributed by atoms with Crippen molar-refractivity contribution in [3.63, 3.8) is 0 Å². The third-order valence-electron chi connectivity index (χ3n) is 10.8. The lowest BCUT2D eigenvalue weighted by molar-refractivity contribution is -0.487. The van der Waals surface area contributed by atoms with Crippen LogP contribution in [0.25, 0.3) is 0 Å². The van der Waals surface area contributed by atoms with Gasteiger partial charge in [0.2, 0.25) is 0 Å². The van der Waals surface area contributed by atoms with Crippen LogP contribution in [0, 0.1) is 0 Å². The van der Waals surface area contributed by atoms with Crippen LogP contribution in [0.2, 0.25) is 0 Å². The van der Waals surface area contributed by atoms with Gasteiger partial charge in [-0.3, -0.25) is 0 Å². The van der Waals surface area contributed by atoms with Crippen molar-refractivity contribution in [1.82, 2.24) is 0 Å². The first-order valence-electron chi connectivity index (χ1n) is 25.0. The van der Waals surface area contributed by atoms with Gasteiger partial charge in [0.1, 0.15) is 0 Å². The van der Waals surface area contributed by atoms with Gasteiger partial charge in [-0.15, -0.1) is 0 Å². The first kappa shape index (κ1) is 85.4. The van der Waals surface area contributed by atoms with Crippen molar-refractivity contribution in [2.45, 2.75) is 89.6 Å². The van der Waals surface area contributed by atoms with Gasteiger partial charge in [-0.2, -0.15) is 127 Å². The zero-order chi connectivity index (χ0) is 68.1. The second-order valence-corrected chi connectivity index (χ2v) is 17.1. The number of aliphatic hydroxyl groups is 1. The van der Waals surface area contributed by atoms with Crippen LogP contribution in [0.4, 0.5) is 127 Å². The molecule has 0 saturated carbocycles. The molecule has 0 rings (SSSR count). The smallest absolute Gasteiger partial charge is 0.394 e. The maximum absolute atomic E-state index is 14.2. The minimum atomic E-state index is -9.97. The fraction of sp³-hybridized carbons (Fsp3) is 1.00. The highest BCUT2D eigenvalue weighted by molar-refractivity contribution is 5.21. The maximum atomic E-state index is 14.2. The zero-order valence-electron chi connectivity index (χ0n) is 45.3. The topological polar surface area (TPSA) is 149 Å². The third-order valence-corrected chi connectivity index (χ3v) is 10.8. The molecule has 0 fully saturated rings. The SMILES string of the molecule is OCCOCCOCCOCCOCCOCCOCCOCCOCCOCCOCCOCCOCCOCCOCCC(F)(F)C(F)(F)C(F)(F)C(F)(F)C(F)(F)C(F)(F)C(F)(F)C(F)(F)C(F)(F)C(F)(F)C(F)(F)C(F)(F)C(F)(F)C(F)(F)F. The summed E-state index contributed by atoms with van der Waals surface area (Å²) in [5.41, 5.74) is 0. The molecule has 0 unspecified atom stereocenters. The summed E-state index contributed by atoms with van der Waals surface area (Å²) in [6.07, 6.45) is -11.4. The second kappa shape index (κ2) is 37.3. The molecular formula is C44H61F29O15. The fourth-order valence-electron chi connectivity index (χ4n) is 5.76. The standard InChI is InChI=1S/C44H61F29O15/c45-31(46,32(47,48)33(49,50)34(51,52)35(53,54)36(55,56)37(57,58)38(59,60)39(61,62)40(63,64)41(65,66)42(67,68)43(69,70)44(71,72)73)1-3-75-5-7-77-9-11-79-13-15-81-17-19-83-21-23-85-25-27-87-29-30-88-28-26-86-24-22-84-20-18-82-16-14-80-12-10-78-8-6-76-4-2-74/h74H,1-30H2. The van der Waals surface area contributed by atoms with Crippen molar-refractivity contribution in [3.05, 3.63) is 0 Å². The summed E-state index contributed by atoms with van der Waals surface area (Å²) >= 11 is 0. The molecule has 0 aromatic heterocycles. The van der Waals surface area contributed by atoms with Gasteiger partial charge in [0.15, 0.2) is 0 Å². The molecule has 88 heavy (non-hydrogen) atoms.